The van der Waals surface area contributed by atoms with Gasteiger partial charge in [0.15, 0.2) is 0 Å². The molecule has 128 valence electrons. The average molecular weight is 403 g/mol. The number of halogens is 2. The molecule has 0 radical (unpaired) electrons. The maximum atomic E-state index is 14.0. The zero-order valence-corrected chi connectivity index (χ0v) is 15.3. The molecule has 3 rings (SSSR count). The summed E-state index contributed by atoms with van der Waals surface area (Å²) >= 11 is 3.19. The molecule has 0 aliphatic carbocycles. The highest BCUT2D eigenvalue weighted by atomic mass is 79.9. The summed E-state index contributed by atoms with van der Waals surface area (Å²) in [4.78, 5) is 20.6. The van der Waals surface area contributed by atoms with Gasteiger partial charge in [-0.2, -0.15) is 5.26 Å². The second-order valence-corrected chi connectivity index (χ2v) is 6.80. The van der Waals surface area contributed by atoms with E-state index in [1.54, 1.807) is 23.2 Å². The van der Waals surface area contributed by atoms with Crippen LogP contribution in [0.2, 0.25) is 0 Å². The van der Waals surface area contributed by atoms with Crippen LogP contribution in [0, 0.1) is 24.1 Å². The maximum absolute atomic E-state index is 14.0. The zero-order valence-electron chi connectivity index (χ0n) is 13.7. The summed E-state index contributed by atoms with van der Waals surface area (Å²) in [5.74, 6) is 0.00138. The van der Waals surface area contributed by atoms with Crippen molar-refractivity contribution in [2.24, 2.45) is 0 Å². The highest BCUT2D eigenvalue weighted by molar-refractivity contribution is 9.10. The Kier molecular flexibility index (Phi) is 5.00. The van der Waals surface area contributed by atoms with Gasteiger partial charge in [0.2, 0.25) is 0 Å². The lowest BCUT2D eigenvalue weighted by molar-refractivity contribution is 0.0742. The minimum Gasteiger partial charge on any atom is -0.353 e. The lowest BCUT2D eigenvalue weighted by Crippen LogP contribution is -2.49. The van der Waals surface area contributed by atoms with E-state index in [0.29, 0.717) is 36.2 Å². The third-order valence-electron chi connectivity index (χ3n) is 4.21. The Balaban J connectivity index is 1.69. The quantitative estimate of drug-likeness (QED) is 0.773. The fourth-order valence-electron chi connectivity index (χ4n) is 2.91. The number of amides is 1. The zero-order chi connectivity index (χ0) is 18.0. The van der Waals surface area contributed by atoms with E-state index in [2.05, 4.69) is 31.9 Å². The van der Waals surface area contributed by atoms with Gasteiger partial charge in [0.25, 0.3) is 5.91 Å². The minimum absolute atomic E-state index is 0.0873. The van der Waals surface area contributed by atoms with Crippen molar-refractivity contribution in [3.63, 3.8) is 0 Å². The third-order valence-corrected chi connectivity index (χ3v) is 4.70. The SMILES string of the molecule is Cc1cc(C#N)cnc1N1CCN(C(=O)c2ccc(Br)cc2F)CC1. The summed E-state index contributed by atoms with van der Waals surface area (Å²) in [6.07, 6.45) is 1.55. The van der Waals surface area contributed by atoms with Gasteiger partial charge in [0, 0.05) is 36.8 Å². The van der Waals surface area contributed by atoms with Gasteiger partial charge in [-0.15, -0.1) is 0 Å². The summed E-state index contributed by atoms with van der Waals surface area (Å²) in [6.45, 7) is 4.13. The third kappa shape index (κ3) is 3.64. The van der Waals surface area contributed by atoms with Gasteiger partial charge in [-0.25, -0.2) is 9.37 Å². The van der Waals surface area contributed by atoms with Crippen LogP contribution in [0.3, 0.4) is 0 Å². The Labute approximate surface area is 153 Å². The Bertz CT molecular complexity index is 857. The molecule has 0 N–H and O–H groups in total. The van der Waals surface area contributed by atoms with Gasteiger partial charge in [-0.1, -0.05) is 15.9 Å². The van der Waals surface area contributed by atoms with E-state index in [0.717, 1.165) is 11.4 Å². The van der Waals surface area contributed by atoms with E-state index in [1.165, 1.54) is 12.1 Å². The fraction of sp³-hybridized carbons (Fsp3) is 0.278. The number of rotatable bonds is 2. The van der Waals surface area contributed by atoms with Crippen LogP contribution in [0.4, 0.5) is 10.2 Å². The number of aromatic nitrogens is 1. The van der Waals surface area contributed by atoms with Crippen molar-refractivity contribution in [2.75, 3.05) is 31.1 Å². The number of benzene rings is 1. The number of nitrogens with zero attached hydrogens (tertiary/aromatic N) is 4. The van der Waals surface area contributed by atoms with Crippen molar-refractivity contribution in [1.29, 1.82) is 5.26 Å². The highest BCUT2D eigenvalue weighted by Crippen LogP contribution is 2.21. The van der Waals surface area contributed by atoms with Crippen LogP contribution in [0.5, 0.6) is 0 Å². The largest absolute Gasteiger partial charge is 0.353 e. The summed E-state index contributed by atoms with van der Waals surface area (Å²) in [6, 6.07) is 8.34. The lowest BCUT2D eigenvalue weighted by atomic mass is 10.1. The first-order chi connectivity index (χ1) is 12.0. The molecule has 1 aromatic heterocycles. The van der Waals surface area contributed by atoms with Gasteiger partial charge in [0.1, 0.15) is 17.7 Å². The minimum atomic E-state index is -0.522. The summed E-state index contributed by atoms with van der Waals surface area (Å²) in [5, 5.41) is 8.93. The molecule has 2 aromatic rings. The molecule has 7 heteroatoms. The maximum Gasteiger partial charge on any atom is 0.256 e. The molecule has 5 nitrogen and oxygen atoms in total. The molecule has 0 unspecified atom stereocenters. The van der Waals surface area contributed by atoms with Crippen molar-refractivity contribution in [3.8, 4) is 6.07 Å². The van der Waals surface area contributed by atoms with Crippen molar-refractivity contribution < 1.29 is 9.18 Å². The first kappa shape index (κ1) is 17.4. The molecule has 2 heterocycles. The molecule has 1 aliphatic rings. The van der Waals surface area contributed by atoms with E-state index >= 15 is 0 Å². The van der Waals surface area contributed by atoms with Gasteiger partial charge in [-0.3, -0.25) is 4.79 Å². The van der Waals surface area contributed by atoms with E-state index in [4.69, 9.17) is 5.26 Å². The summed E-state index contributed by atoms with van der Waals surface area (Å²) in [7, 11) is 0. The molecule has 1 aromatic carbocycles. The topological polar surface area (TPSA) is 60.2 Å². The lowest BCUT2D eigenvalue weighted by Gasteiger charge is -2.36. The molecule has 0 bridgehead atoms. The predicted octanol–water partition coefficient (Wildman–Crippen LogP) is 3.13. The van der Waals surface area contributed by atoms with Crippen LogP contribution in [0.15, 0.2) is 34.9 Å². The Morgan fingerprint density at radius 1 is 1.28 bits per heavy atom. The van der Waals surface area contributed by atoms with Gasteiger partial charge in [-0.05, 0) is 36.8 Å². The molecule has 1 saturated heterocycles. The number of hydrogen-bond acceptors (Lipinski definition) is 4. The number of nitriles is 1. The van der Waals surface area contributed by atoms with Gasteiger partial charge < -0.3 is 9.80 Å². The Morgan fingerprint density at radius 3 is 2.60 bits per heavy atom. The first-order valence-corrected chi connectivity index (χ1v) is 8.65. The number of hydrogen-bond donors (Lipinski definition) is 0. The van der Waals surface area contributed by atoms with Gasteiger partial charge in [0.05, 0.1) is 11.1 Å². The summed E-state index contributed by atoms with van der Waals surface area (Å²) in [5.41, 5.74) is 1.54. The number of anilines is 1. The van der Waals surface area contributed by atoms with Crippen LogP contribution in [-0.2, 0) is 0 Å². The van der Waals surface area contributed by atoms with E-state index in [-0.39, 0.29) is 11.5 Å². The molecule has 0 atom stereocenters. The Morgan fingerprint density at radius 2 is 2.00 bits per heavy atom. The van der Waals surface area contributed by atoms with Crippen LogP contribution >= 0.6 is 15.9 Å². The molecule has 25 heavy (non-hydrogen) atoms. The molecule has 0 spiro atoms. The molecule has 1 aliphatic heterocycles. The van der Waals surface area contributed by atoms with Crippen molar-refractivity contribution in [1.82, 2.24) is 9.88 Å². The average Bonchev–Trinajstić information content (AvgIpc) is 2.61. The number of carbonyl (C=O) groups is 1. The standard InChI is InChI=1S/C18H16BrFN4O/c1-12-8-13(10-21)11-22-17(12)23-4-6-24(7-5-23)18(25)15-3-2-14(19)9-16(15)20/h2-3,8-9,11H,4-7H2,1H3. The second kappa shape index (κ2) is 7.19. The molecule has 1 fully saturated rings. The number of pyridine rings is 1. The van der Waals surface area contributed by atoms with Gasteiger partial charge >= 0.3 is 0 Å². The molecule has 1 amide bonds. The van der Waals surface area contributed by atoms with Crippen molar-refractivity contribution in [2.45, 2.75) is 6.92 Å². The monoisotopic (exact) mass is 402 g/mol. The molecular formula is C18H16BrFN4O. The van der Waals surface area contributed by atoms with Crippen molar-refractivity contribution >= 4 is 27.7 Å². The number of carbonyl (C=O) groups excluding carboxylic acids is 1. The van der Waals surface area contributed by atoms with Crippen LogP contribution in [0.1, 0.15) is 21.5 Å². The van der Waals surface area contributed by atoms with Crippen LogP contribution in [0.25, 0.3) is 0 Å². The smallest absolute Gasteiger partial charge is 0.256 e. The van der Waals surface area contributed by atoms with Crippen LogP contribution in [-0.4, -0.2) is 42.0 Å². The first-order valence-electron chi connectivity index (χ1n) is 7.85. The molecule has 0 saturated carbocycles. The van der Waals surface area contributed by atoms with Crippen molar-refractivity contribution in [3.05, 3.63) is 57.4 Å². The van der Waals surface area contributed by atoms with E-state index < -0.39 is 5.82 Å². The van der Waals surface area contributed by atoms with Crippen LogP contribution < -0.4 is 4.90 Å². The van der Waals surface area contributed by atoms with E-state index in [9.17, 15) is 9.18 Å². The second-order valence-electron chi connectivity index (χ2n) is 5.88. The summed E-state index contributed by atoms with van der Waals surface area (Å²) < 4.78 is 14.6. The Hall–Kier alpha value is -2.46. The number of piperazine rings is 1. The highest BCUT2D eigenvalue weighted by Gasteiger charge is 2.25. The predicted molar refractivity (Wildman–Crippen MR) is 95.9 cm³/mol. The normalized spacial score (nSPS) is 14.3. The number of aryl methyl sites for hydroxylation is 1. The fourth-order valence-corrected chi connectivity index (χ4v) is 3.25. The molecular weight excluding hydrogens is 387 g/mol. The van der Waals surface area contributed by atoms with E-state index in [1.807, 2.05) is 6.92 Å².